The summed E-state index contributed by atoms with van der Waals surface area (Å²) in [7, 11) is 0. The van der Waals surface area contributed by atoms with E-state index in [1.807, 2.05) is 0 Å². The number of thiazole rings is 1. The number of hydrogen-bond acceptors (Lipinski definition) is 7. The fourth-order valence-electron chi connectivity index (χ4n) is 3.06. The first-order valence-electron chi connectivity index (χ1n) is 9.50. The van der Waals surface area contributed by atoms with Gasteiger partial charge >= 0.3 is 0 Å². The van der Waals surface area contributed by atoms with E-state index in [4.69, 9.17) is 9.84 Å². The van der Waals surface area contributed by atoms with Crippen molar-refractivity contribution in [1.82, 2.24) is 15.0 Å². The topological polar surface area (TPSA) is 120 Å². The summed E-state index contributed by atoms with van der Waals surface area (Å²) in [5.74, 6) is -0.119. The maximum absolute atomic E-state index is 13.8. The molecule has 0 aliphatic rings. The van der Waals surface area contributed by atoms with Crippen LogP contribution < -0.4 is 10.1 Å². The van der Waals surface area contributed by atoms with Crippen molar-refractivity contribution in [3.8, 4) is 17.1 Å². The summed E-state index contributed by atoms with van der Waals surface area (Å²) in [6.07, 6.45) is -2.37. The summed E-state index contributed by atoms with van der Waals surface area (Å²) in [6, 6.07) is 9.00. The number of benzene rings is 2. The third kappa shape index (κ3) is 4.59. The van der Waals surface area contributed by atoms with Crippen molar-refractivity contribution in [3.05, 3.63) is 59.1 Å². The van der Waals surface area contributed by atoms with Crippen molar-refractivity contribution >= 4 is 33.4 Å². The highest BCUT2D eigenvalue weighted by atomic mass is 32.1. The number of carbonyl (C=O) groups is 1. The maximum atomic E-state index is 13.8. The number of nitrogens with zero attached hydrogens (tertiary/aromatic N) is 2. The van der Waals surface area contributed by atoms with Crippen LogP contribution >= 0.6 is 11.3 Å². The van der Waals surface area contributed by atoms with Crippen molar-refractivity contribution in [2.75, 3.05) is 18.5 Å². The summed E-state index contributed by atoms with van der Waals surface area (Å²) in [4.78, 5) is 24.1. The number of anilines is 1. The van der Waals surface area contributed by atoms with Gasteiger partial charge in [0.25, 0.3) is 12.3 Å². The molecule has 4 aromatic rings. The number of halogens is 2. The molecule has 0 unspecified atom stereocenters. The van der Waals surface area contributed by atoms with Gasteiger partial charge in [0.2, 0.25) is 0 Å². The number of aromatic nitrogens is 3. The zero-order valence-electron chi connectivity index (χ0n) is 16.5. The number of nitrogens with one attached hydrogen (secondary N) is 2. The Hall–Kier alpha value is -3.41. The fraction of sp³-hybridized carbons (Fsp3) is 0.190. The van der Waals surface area contributed by atoms with E-state index in [1.54, 1.807) is 29.8 Å². The number of aliphatic hydroxyl groups is 2. The minimum absolute atomic E-state index is 0.121. The Balaban J connectivity index is 1.68. The molecular formula is C21H18F2N4O4S. The van der Waals surface area contributed by atoms with Gasteiger partial charge in [-0.05, 0) is 30.3 Å². The molecule has 0 saturated heterocycles. The second-order valence-corrected chi connectivity index (χ2v) is 7.67. The lowest BCUT2D eigenvalue weighted by atomic mass is 10.1. The average Bonchev–Trinajstić information content (AvgIpc) is 3.46. The van der Waals surface area contributed by atoms with Crippen LogP contribution in [0, 0.1) is 0 Å². The number of aliphatic hydroxyl groups excluding tert-OH is 2. The van der Waals surface area contributed by atoms with E-state index in [0.717, 1.165) is 6.07 Å². The molecule has 0 bridgehead atoms. The number of hydrogen-bond donors (Lipinski definition) is 4. The molecule has 1 atom stereocenters. The molecule has 8 nitrogen and oxygen atoms in total. The molecule has 0 aliphatic heterocycles. The first-order valence-corrected chi connectivity index (χ1v) is 10.4. The van der Waals surface area contributed by atoms with Crippen LogP contribution in [0.5, 0.6) is 5.75 Å². The minimum atomic E-state index is -2.82. The van der Waals surface area contributed by atoms with E-state index in [2.05, 4.69) is 20.3 Å². The van der Waals surface area contributed by atoms with Gasteiger partial charge in [0.05, 0.1) is 17.7 Å². The third-order valence-corrected chi connectivity index (χ3v) is 5.27. The second kappa shape index (κ2) is 9.39. The molecule has 4 rings (SSSR count). The van der Waals surface area contributed by atoms with Gasteiger partial charge in [-0.1, -0.05) is 6.07 Å². The molecule has 0 spiro atoms. The molecule has 2 aromatic carbocycles. The molecule has 0 fully saturated rings. The highest BCUT2D eigenvalue weighted by Crippen LogP contribution is 2.34. The summed E-state index contributed by atoms with van der Waals surface area (Å²) in [6.45, 7) is -0.738. The van der Waals surface area contributed by atoms with Crippen LogP contribution in [0.2, 0.25) is 0 Å². The Morgan fingerprint density at radius 1 is 1.28 bits per heavy atom. The number of ether oxygens (including phenoxy) is 1. The monoisotopic (exact) mass is 460 g/mol. The molecule has 1 amide bonds. The predicted octanol–water partition coefficient (Wildman–Crippen LogP) is 3.61. The zero-order valence-corrected chi connectivity index (χ0v) is 17.3. The average molecular weight is 460 g/mol. The van der Waals surface area contributed by atoms with Crippen LogP contribution in [0.1, 0.15) is 22.3 Å². The smallest absolute Gasteiger partial charge is 0.264 e. The van der Waals surface area contributed by atoms with E-state index < -0.39 is 25.0 Å². The van der Waals surface area contributed by atoms with Gasteiger partial charge in [0.1, 0.15) is 29.8 Å². The number of amides is 1. The second-order valence-electron chi connectivity index (χ2n) is 6.78. The molecule has 0 saturated carbocycles. The molecule has 166 valence electrons. The van der Waals surface area contributed by atoms with Crippen LogP contribution in [0.3, 0.4) is 0 Å². The van der Waals surface area contributed by atoms with Crippen molar-refractivity contribution < 1.29 is 28.5 Å². The van der Waals surface area contributed by atoms with E-state index >= 15 is 0 Å². The zero-order chi connectivity index (χ0) is 22.7. The quantitative estimate of drug-likeness (QED) is 0.319. The Labute approximate surface area is 184 Å². The van der Waals surface area contributed by atoms with Gasteiger partial charge in [-0.3, -0.25) is 10.1 Å². The first-order chi connectivity index (χ1) is 15.5. The maximum Gasteiger partial charge on any atom is 0.264 e. The largest absolute Gasteiger partial charge is 0.491 e. The van der Waals surface area contributed by atoms with Gasteiger partial charge in [-0.15, -0.1) is 11.3 Å². The van der Waals surface area contributed by atoms with Crippen molar-refractivity contribution in [2.24, 2.45) is 0 Å². The molecular weight excluding hydrogens is 442 g/mol. The number of H-pyrrole nitrogens is 1. The lowest BCUT2D eigenvalue weighted by Crippen LogP contribution is -2.21. The molecule has 2 heterocycles. The molecule has 2 aromatic heterocycles. The summed E-state index contributed by atoms with van der Waals surface area (Å²) < 4.78 is 32.8. The van der Waals surface area contributed by atoms with Gasteiger partial charge in [-0.25, -0.2) is 18.7 Å². The van der Waals surface area contributed by atoms with E-state index in [-0.39, 0.29) is 34.9 Å². The van der Waals surface area contributed by atoms with Crippen LogP contribution in [0.25, 0.3) is 22.4 Å². The van der Waals surface area contributed by atoms with Crippen LogP contribution in [0.15, 0.2) is 48.0 Å². The van der Waals surface area contributed by atoms with Gasteiger partial charge in [0.15, 0.2) is 5.13 Å². The summed E-state index contributed by atoms with van der Waals surface area (Å²) in [5, 5.41) is 23.1. The number of aromatic amines is 1. The predicted molar refractivity (Wildman–Crippen MR) is 115 cm³/mol. The number of alkyl halides is 2. The molecule has 0 aliphatic carbocycles. The van der Waals surface area contributed by atoms with Gasteiger partial charge in [-0.2, -0.15) is 0 Å². The van der Waals surface area contributed by atoms with Crippen molar-refractivity contribution in [1.29, 1.82) is 0 Å². The standard InChI is InChI=1S/C21H18F2N4O4S/c22-18(23)15-8-12(31-10-11(29)9-28)4-5-13(15)19-25-16-3-1-2-14(17(16)26-19)20(30)27-21-24-6-7-32-21/h1-8,11,18,28-29H,9-10H2,(H,25,26)(H,24,27,30)/t11-/m0/s1. The van der Waals surface area contributed by atoms with E-state index in [9.17, 15) is 18.7 Å². The molecule has 32 heavy (non-hydrogen) atoms. The number of carbonyl (C=O) groups excluding carboxylic acids is 1. The minimum Gasteiger partial charge on any atom is -0.491 e. The lowest BCUT2D eigenvalue weighted by Gasteiger charge is -2.13. The molecule has 4 N–H and O–H groups in total. The summed E-state index contributed by atoms with van der Waals surface area (Å²) >= 11 is 1.27. The third-order valence-electron chi connectivity index (χ3n) is 4.58. The number of imidazole rings is 1. The normalized spacial score (nSPS) is 12.3. The highest BCUT2D eigenvalue weighted by Gasteiger charge is 2.20. The first kappa shape index (κ1) is 21.8. The van der Waals surface area contributed by atoms with Crippen LogP contribution in [-0.4, -0.2) is 50.4 Å². The fourth-order valence-corrected chi connectivity index (χ4v) is 3.59. The van der Waals surface area contributed by atoms with Crippen molar-refractivity contribution in [2.45, 2.75) is 12.5 Å². The number of fused-ring (bicyclic) bond motifs is 1. The highest BCUT2D eigenvalue weighted by molar-refractivity contribution is 7.13. The SMILES string of the molecule is O=C(Nc1nccs1)c1cccc2[nH]c(-c3ccc(OC[C@@H](O)CO)cc3C(F)F)nc12. The lowest BCUT2D eigenvalue weighted by molar-refractivity contribution is 0.0534. The van der Waals surface area contributed by atoms with Crippen LogP contribution in [-0.2, 0) is 0 Å². The van der Waals surface area contributed by atoms with Crippen LogP contribution in [0.4, 0.5) is 13.9 Å². The van der Waals surface area contributed by atoms with Crippen molar-refractivity contribution in [3.63, 3.8) is 0 Å². The van der Waals surface area contributed by atoms with Gasteiger partial charge < -0.3 is 19.9 Å². The Morgan fingerprint density at radius 2 is 2.12 bits per heavy atom. The molecule has 0 radical (unpaired) electrons. The Bertz CT molecular complexity index is 1230. The molecule has 11 heteroatoms. The van der Waals surface area contributed by atoms with Gasteiger partial charge in [0, 0.05) is 22.7 Å². The Morgan fingerprint density at radius 3 is 2.84 bits per heavy atom. The van der Waals surface area contributed by atoms with E-state index in [1.165, 1.54) is 23.5 Å². The van der Waals surface area contributed by atoms with E-state index in [0.29, 0.717) is 16.2 Å². The number of para-hydroxylation sites is 1. The number of rotatable bonds is 8. The Kier molecular flexibility index (Phi) is 6.40. The summed E-state index contributed by atoms with van der Waals surface area (Å²) in [5.41, 5.74) is 0.949.